The summed E-state index contributed by atoms with van der Waals surface area (Å²) in [4.78, 5) is 0. The van der Waals surface area contributed by atoms with Crippen LogP contribution in [0, 0.1) is 11.8 Å². The summed E-state index contributed by atoms with van der Waals surface area (Å²) in [5.74, 6) is 5.63. The van der Waals surface area contributed by atoms with Crippen LogP contribution in [0.5, 0.6) is 0 Å². The topological polar surface area (TPSA) is 47.9 Å². The Bertz CT molecular complexity index is 318. The van der Waals surface area contributed by atoms with Crippen LogP contribution in [0.25, 0.3) is 0 Å². The first kappa shape index (κ1) is 20.6. The molecule has 0 aliphatic carbocycles. The van der Waals surface area contributed by atoms with E-state index in [0.29, 0.717) is 23.2 Å². The molecular weight excluding hydrogens is 284 g/mol. The van der Waals surface area contributed by atoms with Crippen molar-refractivity contribution in [1.29, 1.82) is 0 Å². The maximum Gasteiger partial charge on any atom is 0.201 e. The Hall–Kier alpha value is -0.383. The van der Waals surface area contributed by atoms with E-state index in [9.17, 15) is 5.11 Å². The third kappa shape index (κ3) is 5.39. The van der Waals surface area contributed by atoms with Crippen molar-refractivity contribution in [3.05, 3.63) is 0 Å². The predicted molar refractivity (Wildman–Crippen MR) is 88.6 cm³/mol. The Morgan fingerprint density at radius 2 is 1.33 bits per heavy atom. The Morgan fingerprint density at radius 3 is 1.67 bits per heavy atom. The maximum absolute atomic E-state index is 9.80. The van der Waals surface area contributed by atoms with Gasteiger partial charge in [-0.25, -0.2) is 0 Å². The maximum atomic E-state index is 9.80. The fourth-order valence-electron chi connectivity index (χ4n) is 3.23. The minimum atomic E-state index is -1.89. The van der Waals surface area contributed by atoms with Crippen LogP contribution < -0.4 is 0 Å². The molecule has 0 rings (SSSR count). The Balaban J connectivity index is 4.81. The van der Waals surface area contributed by atoms with Gasteiger partial charge in [0, 0.05) is 14.2 Å². The van der Waals surface area contributed by atoms with Crippen LogP contribution in [0.4, 0.5) is 0 Å². The van der Waals surface area contributed by atoms with E-state index < -0.39 is 20.7 Å². The summed E-state index contributed by atoms with van der Waals surface area (Å²) < 4.78 is 16.2. The summed E-state index contributed by atoms with van der Waals surface area (Å²) in [5, 5.41) is 9.80. The number of hydrogen-bond donors (Lipinski definition) is 1. The van der Waals surface area contributed by atoms with Gasteiger partial charge in [-0.3, -0.25) is 0 Å². The van der Waals surface area contributed by atoms with Gasteiger partial charge in [-0.05, 0) is 16.6 Å². The van der Waals surface area contributed by atoms with E-state index >= 15 is 0 Å². The number of hydrogen-bond acceptors (Lipinski definition) is 4. The van der Waals surface area contributed by atoms with E-state index in [1.54, 1.807) is 0 Å². The number of ether oxygens (including phenoxy) is 2. The van der Waals surface area contributed by atoms with E-state index in [2.05, 4.69) is 53.4 Å². The molecule has 0 saturated heterocycles. The molecule has 21 heavy (non-hydrogen) atoms. The quantitative estimate of drug-likeness (QED) is 0.424. The van der Waals surface area contributed by atoms with Crippen LogP contribution in [0.3, 0.4) is 0 Å². The first-order valence-corrected chi connectivity index (χ1v) is 9.73. The second-order valence-electron chi connectivity index (χ2n) is 6.21. The molecule has 0 saturated carbocycles. The minimum Gasteiger partial charge on any atom is -0.405 e. The SMILES string of the molecule is COC(OC)C(O)C#CCO[Si](C(C)C)(C(C)C)C(C)C. The van der Waals surface area contributed by atoms with Gasteiger partial charge in [0.1, 0.15) is 0 Å². The zero-order chi connectivity index (χ0) is 16.6. The van der Waals surface area contributed by atoms with Crippen molar-refractivity contribution >= 4 is 8.32 Å². The summed E-state index contributed by atoms with van der Waals surface area (Å²) in [6, 6.07) is 0. The fourth-order valence-corrected chi connectivity index (χ4v) is 8.55. The standard InChI is InChI=1S/C16H32O4Si/c1-12(2)21(13(3)4,14(5)6)20-11-9-10-15(17)16(18-7)19-8/h12-17H,11H2,1-8H3. The Morgan fingerprint density at radius 1 is 0.905 bits per heavy atom. The molecule has 0 fully saturated rings. The van der Waals surface area contributed by atoms with E-state index in [-0.39, 0.29) is 0 Å². The van der Waals surface area contributed by atoms with Gasteiger partial charge >= 0.3 is 0 Å². The van der Waals surface area contributed by atoms with Gasteiger partial charge in [0.2, 0.25) is 8.32 Å². The van der Waals surface area contributed by atoms with Gasteiger partial charge in [0.25, 0.3) is 0 Å². The van der Waals surface area contributed by atoms with Gasteiger partial charge in [0.05, 0.1) is 6.61 Å². The summed E-state index contributed by atoms with van der Waals surface area (Å²) in [6.07, 6.45) is -1.68. The lowest BCUT2D eigenvalue weighted by Crippen LogP contribution is -2.47. The zero-order valence-corrected chi connectivity index (χ0v) is 15.8. The molecule has 0 aromatic heterocycles. The van der Waals surface area contributed by atoms with Crippen molar-refractivity contribution in [2.45, 2.75) is 70.6 Å². The number of methoxy groups -OCH3 is 2. The third-order valence-corrected chi connectivity index (χ3v) is 10.1. The number of aliphatic hydroxyl groups is 1. The molecular formula is C16H32O4Si. The normalized spacial score (nSPS) is 14.0. The minimum absolute atomic E-state index is 0.345. The highest BCUT2D eigenvalue weighted by molar-refractivity contribution is 6.77. The lowest BCUT2D eigenvalue weighted by atomic mass is 10.3. The molecule has 4 nitrogen and oxygen atoms in total. The Kier molecular flexibility index (Phi) is 9.42. The molecule has 0 heterocycles. The molecule has 0 aromatic carbocycles. The van der Waals surface area contributed by atoms with Crippen molar-refractivity contribution in [3.63, 3.8) is 0 Å². The number of rotatable bonds is 8. The average Bonchev–Trinajstić information content (AvgIpc) is 2.38. The van der Waals surface area contributed by atoms with Crippen LogP contribution in [0.1, 0.15) is 41.5 Å². The monoisotopic (exact) mass is 316 g/mol. The van der Waals surface area contributed by atoms with Crippen LogP contribution in [-0.4, -0.2) is 46.6 Å². The van der Waals surface area contributed by atoms with Gasteiger partial charge in [-0.15, -0.1) is 0 Å². The molecule has 0 radical (unpaired) electrons. The molecule has 0 bridgehead atoms. The van der Waals surface area contributed by atoms with Gasteiger partial charge < -0.3 is 19.0 Å². The lowest BCUT2D eigenvalue weighted by Gasteiger charge is -2.41. The smallest absolute Gasteiger partial charge is 0.201 e. The van der Waals surface area contributed by atoms with Crippen LogP contribution in [-0.2, 0) is 13.9 Å². The van der Waals surface area contributed by atoms with E-state index in [1.165, 1.54) is 14.2 Å². The lowest BCUT2D eigenvalue weighted by molar-refractivity contribution is -0.147. The second-order valence-corrected chi connectivity index (χ2v) is 11.7. The molecule has 124 valence electrons. The van der Waals surface area contributed by atoms with Crippen molar-refractivity contribution in [2.24, 2.45) is 0 Å². The summed E-state index contributed by atoms with van der Waals surface area (Å²) >= 11 is 0. The fraction of sp³-hybridized carbons (Fsp3) is 0.875. The molecule has 0 amide bonds. The molecule has 1 atom stereocenters. The Labute approximate surface area is 131 Å². The first-order valence-electron chi connectivity index (χ1n) is 7.59. The highest BCUT2D eigenvalue weighted by Crippen LogP contribution is 2.41. The molecule has 1 unspecified atom stereocenters. The van der Waals surface area contributed by atoms with Crippen LogP contribution in [0.2, 0.25) is 16.6 Å². The highest BCUT2D eigenvalue weighted by atomic mass is 28.4. The van der Waals surface area contributed by atoms with Crippen LogP contribution in [0.15, 0.2) is 0 Å². The summed E-state index contributed by atoms with van der Waals surface area (Å²) in [5.41, 5.74) is 1.57. The highest BCUT2D eigenvalue weighted by Gasteiger charge is 2.44. The molecule has 1 N–H and O–H groups in total. The molecule has 0 aromatic rings. The van der Waals surface area contributed by atoms with Gasteiger partial charge in [0.15, 0.2) is 12.4 Å². The molecule has 5 heteroatoms. The van der Waals surface area contributed by atoms with Gasteiger partial charge in [-0.2, -0.15) is 0 Å². The molecule has 0 aliphatic rings. The first-order chi connectivity index (χ1) is 9.73. The van der Waals surface area contributed by atoms with E-state index in [4.69, 9.17) is 13.9 Å². The van der Waals surface area contributed by atoms with Crippen molar-refractivity contribution < 1.29 is 19.0 Å². The largest absolute Gasteiger partial charge is 0.405 e. The average molecular weight is 317 g/mol. The van der Waals surface area contributed by atoms with Crippen molar-refractivity contribution in [1.82, 2.24) is 0 Å². The molecule has 0 aliphatic heterocycles. The molecule has 0 spiro atoms. The van der Waals surface area contributed by atoms with Gasteiger partial charge in [-0.1, -0.05) is 53.4 Å². The van der Waals surface area contributed by atoms with Crippen LogP contribution >= 0.6 is 0 Å². The zero-order valence-electron chi connectivity index (χ0n) is 14.8. The third-order valence-electron chi connectivity index (χ3n) is 4.07. The summed E-state index contributed by atoms with van der Waals surface area (Å²) in [7, 11) is 1.06. The number of aliphatic hydroxyl groups excluding tert-OH is 1. The summed E-state index contributed by atoms with van der Waals surface area (Å²) in [6.45, 7) is 13.8. The van der Waals surface area contributed by atoms with E-state index in [1.807, 2.05) is 0 Å². The predicted octanol–water partition coefficient (Wildman–Crippen LogP) is 3.16. The van der Waals surface area contributed by atoms with Crippen molar-refractivity contribution in [2.75, 3.05) is 20.8 Å². The van der Waals surface area contributed by atoms with E-state index in [0.717, 1.165) is 0 Å². The second kappa shape index (κ2) is 9.60. The van der Waals surface area contributed by atoms with Crippen molar-refractivity contribution in [3.8, 4) is 11.8 Å².